The SMILES string of the molecule is CC(C)(C(=O)NCc1ccco1)C(=O)Nc1cccc(Br)c1. The number of rotatable bonds is 5. The number of halogens is 1. The minimum atomic E-state index is -1.20. The highest BCUT2D eigenvalue weighted by molar-refractivity contribution is 9.10. The number of hydrogen-bond donors (Lipinski definition) is 2. The second-order valence-corrected chi connectivity index (χ2v) is 6.27. The highest BCUT2D eigenvalue weighted by Crippen LogP contribution is 2.21. The lowest BCUT2D eigenvalue weighted by Crippen LogP contribution is -2.44. The molecule has 0 atom stereocenters. The fourth-order valence-electron chi connectivity index (χ4n) is 1.76. The molecule has 22 heavy (non-hydrogen) atoms. The van der Waals surface area contributed by atoms with E-state index in [2.05, 4.69) is 26.6 Å². The van der Waals surface area contributed by atoms with Crippen molar-refractivity contribution in [2.75, 3.05) is 5.32 Å². The van der Waals surface area contributed by atoms with Crippen molar-refractivity contribution >= 4 is 33.4 Å². The molecule has 0 unspecified atom stereocenters. The van der Waals surface area contributed by atoms with Crippen molar-refractivity contribution in [1.29, 1.82) is 0 Å². The lowest BCUT2D eigenvalue weighted by molar-refractivity contribution is -0.138. The highest BCUT2D eigenvalue weighted by Gasteiger charge is 2.36. The van der Waals surface area contributed by atoms with Crippen LogP contribution in [0.1, 0.15) is 19.6 Å². The number of anilines is 1. The summed E-state index contributed by atoms with van der Waals surface area (Å²) in [4.78, 5) is 24.6. The minimum Gasteiger partial charge on any atom is -0.467 e. The molecule has 1 heterocycles. The molecule has 116 valence electrons. The third-order valence-corrected chi connectivity index (χ3v) is 3.71. The topological polar surface area (TPSA) is 71.3 Å². The van der Waals surface area contributed by atoms with E-state index in [0.29, 0.717) is 11.4 Å². The Kier molecular flexibility index (Phi) is 5.03. The van der Waals surface area contributed by atoms with Crippen molar-refractivity contribution in [3.05, 3.63) is 52.9 Å². The van der Waals surface area contributed by atoms with Gasteiger partial charge in [-0.25, -0.2) is 0 Å². The third-order valence-electron chi connectivity index (χ3n) is 3.22. The number of amides is 2. The lowest BCUT2D eigenvalue weighted by Gasteiger charge is -2.22. The molecule has 5 nitrogen and oxygen atoms in total. The first-order valence-corrected chi connectivity index (χ1v) is 7.56. The van der Waals surface area contributed by atoms with Crippen LogP contribution < -0.4 is 10.6 Å². The van der Waals surface area contributed by atoms with Crippen LogP contribution in [0.15, 0.2) is 51.6 Å². The van der Waals surface area contributed by atoms with Gasteiger partial charge in [0.2, 0.25) is 11.8 Å². The maximum Gasteiger partial charge on any atom is 0.239 e. The maximum atomic E-state index is 12.3. The van der Waals surface area contributed by atoms with E-state index in [9.17, 15) is 9.59 Å². The zero-order valence-corrected chi connectivity index (χ0v) is 13.9. The second kappa shape index (κ2) is 6.79. The van der Waals surface area contributed by atoms with Crippen molar-refractivity contribution < 1.29 is 14.0 Å². The normalized spacial score (nSPS) is 11.0. The van der Waals surface area contributed by atoms with Gasteiger partial charge in [-0.15, -0.1) is 0 Å². The van der Waals surface area contributed by atoms with Gasteiger partial charge in [-0.3, -0.25) is 9.59 Å². The molecule has 2 aromatic rings. The van der Waals surface area contributed by atoms with Crippen molar-refractivity contribution in [1.82, 2.24) is 5.32 Å². The summed E-state index contributed by atoms with van der Waals surface area (Å²) in [7, 11) is 0. The van der Waals surface area contributed by atoms with Gasteiger partial charge in [-0.1, -0.05) is 22.0 Å². The van der Waals surface area contributed by atoms with Crippen LogP contribution in [0.25, 0.3) is 0 Å². The lowest BCUT2D eigenvalue weighted by atomic mass is 9.91. The molecule has 0 saturated carbocycles. The van der Waals surface area contributed by atoms with Crippen LogP contribution in [0, 0.1) is 5.41 Å². The third kappa shape index (κ3) is 3.98. The monoisotopic (exact) mass is 364 g/mol. The standard InChI is InChI=1S/C16H17BrN2O3/c1-16(2,14(20)18-10-13-7-4-8-22-13)15(21)19-12-6-3-5-11(17)9-12/h3-9H,10H2,1-2H3,(H,18,20)(H,19,21). The summed E-state index contributed by atoms with van der Waals surface area (Å²) in [5, 5.41) is 5.44. The van der Waals surface area contributed by atoms with E-state index in [1.54, 1.807) is 38.1 Å². The zero-order chi connectivity index (χ0) is 16.2. The molecule has 1 aromatic carbocycles. The van der Waals surface area contributed by atoms with Gasteiger partial charge in [0.05, 0.1) is 12.8 Å². The average Bonchev–Trinajstić information content (AvgIpc) is 2.97. The molecule has 1 aromatic heterocycles. The molecule has 0 aliphatic carbocycles. The Bertz CT molecular complexity index is 666. The van der Waals surface area contributed by atoms with E-state index in [1.165, 1.54) is 6.26 Å². The van der Waals surface area contributed by atoms with Gasteiger partial charge in [-0.05, 0) is 44.2 Å². The van der Waals surface area contributed by atoms with Gasteiger partial charge in [0.15, 0.2) is 0 Å². The average molecular weight is 365 g/mol. The molecular formula is C16H17BrN2O3. The molecule has 0 spiro atoms. The first-order chi connectivity index (χ1) is 10.4. The minimum absolute atomic E-state index is 0.249. The maximum absolute atomic E-state index is 12.3. The van der Waals surface area contributed by atoms with Crippen LogP contribution in [0.2, 0.25) is 0 Å². The van der Waals surface area contributed by atoms with Crippen LogP contribution in [0.5, 0.6) is 0 Å². The van der Waals surface area contributed by atoms with Crippen LogP contribution in [-0.2, 0) is 16.1 Å². The Morgan fingerprint density at radius 2 is 1.95 bits per heavy atom. The molecule has 2 N–H and O–H groups in total. The molecule has 2 rings (SSSR count). The summed E-state index contributed by atoms with van der Waals surface area (Å²) in [5.74, 6) is -0.101. The van der Waals surface area contributed by atoms with Gasteiger partial charge in [-0.2, -0.15) is 0 Å². The summed E-state index contributed by atoms with van der Waals surface area (Å²) in [6.07, 6.45) is 1.53. The molecule has 0 fully saturated rings. The largest absolute Gasteiger partial charge is 0.467 e. The second-order valence-electron chi connectivity index (χ2n) is 5.35. The van der Waals surface area contributed by atoms with E-state index in [0.717, 1.165) is 4.47 Å². The summed E-state index contributed by atoms with van der Waals surface area (Å²) in [6.45, 7) is 3.41. The molecule has 0 radical (unpaired) electrons. The molecule has 0 bridgehead atoms. The predicted octanol–water partition coefficient (Wildman–Crippen LogP) is 3.32. The van der Waals surface area contributed by atoms with Crippen molar-refractivity contribution in [3.8, 4) is 0 Å². The van der Waals surface area contributed by atoms with Gasteiger partial charge < -0.3 is 15.1 Å². The molecule has 2 amide bonds. The molecular weight excluding hydrogens is 348 g/mol. The first kappa shape index (κ1) is 16.3. The number of benzene rings is 1. The quantitative estimate of drug-likeness (QED) is 0.799. The Morgan fingerprint density at radius 1 is 1.18 bits per heavy atom. The highest BCUT2D eigenvalue weighted by atomic mass is 79.9. The van der Waals surface area contributed by atoms with Crippen LogP contribution in [0.4, 0.5) is 5.69 Å². The Balaban J connectivity index is 1.98. The predicted molar refractivity (Wildman–Crippen MR) is 87.1 cm³/mol. The van der Waals surface area contributed by atoms with Crippen LogP contribution >= 0.6 is 15.9 Å². The summed E-state index contributed by atoms with van der Waals surface area (Å²) < 4.78 is 6.00. The Labute approximate surface area is 137 Å². The fourth-order valence-corrected chi connectivity index (χ4v) is 2.16. The van der Waals surface area contributed by atoms with Crippen molar-refractivity contribution in [3.63, 3.8) is 0 Å². The number of carbonyl (C=O) groups is 2. The van der Waals surface area contributed by atoms with Gasteiger partial charge in [0, 0.05) is 10.2 Å². The fraction of sp³-hybridized carbons (Fsp3) is 0.250. The van der Waals surface area contributed by atoms with E-state index in [4.69, 9.17) is 4.42 Å². The van der Waals surface area contributed by atoms with Gasteiger partial charge >= 0.3 is 0 Å². The summed E-state index contributed by atoms with van der Waals surface area (Å²) in [5.41, 5.74) is -0.569. The molecule has 0 aliphatic heterocycles. The first-order valence-electron chi connectivity index (χ1n) is 6.77. The Morgan fingerprint density at radius 3 is 2.59 bits per heavy atom. The van der Waals surface area contributed by atoms with Crippen molar-refractivity contribution in [2.24, 2.45) is 5.41 Å². The number of carbonyl (C=O) groups excluding carboxylic acids is 2. The molecule has 0 aliphatic rings. The smallest absolute Gasteiger partial charge is 0.239 e. The van der Waals surface area contributed by atoms with Crippen molar-refractivity contribution in [2.45, 2.75) is 20.4 Å². The number of furan rings is 1. The Hall–Kier alpha value is -2.08. The molecule has 0 saturated heterocycles. The summed E-state index contributed by atoms with van der Waals surface area (Å²) >= 11 is 3.34. The summed E-state index contributed by atoms with van der Waals surface area (Å²) in [6, 6.07) is 10.7. The van der Waals surface area contributed by atoms with Gasteiger partial charge in [0.25, 0.3) is 0 Å². The van der Waals surface area contributed by atoms with E-state index < -0.39 is 5.41 Å². The van der Waals surface area contributed by atoms with Gasteiger partial charge in [0.1, 0.15) is 11.2 Å². The molecule has 6 heteroatoms. The van der Waals surface area contributed by atoms with Crippen LogP contribution in [0.3, 0.4) is 0 Å². The van der Waals surface area contributed by atoms with Crippen LogP contribution in [-0.4, -0.2) is 11.8 Å². The van der Waals surface area contributed by atoms with E-state index in [1.807, 2.05) is 12.1 Å². The van der Waals surface area contributed by atoms with E-state index >= 15 is 0 Å². The number of hydrogen-bond acceptors (Lipinski definition) is 3. The zero-order valence-electron chi connectivity index (χ0n) is 12.4. The number of nitrogens with one attached hydrogen (secondary N) is 2. The van der Waals surface area contributed by atoms with E-state index in [-0.39, 0.29) is 18.4 Å².